The van der Waals surface area contributed by atoms with Gasteiger partial charge in [-0.2, -0.15) is 0 Å². The van der Waals surface area contributed by atoms with E-state index in [1.54, 1.807) is 0 Å². The van der Waals surface area contributed by atoms with Crippen LogP contribution in [0.15, 0.2) is 164 Å². The molecule has 0 N–H and O–H groups in total. The second-order valence-electron chi connectivity index (χ2n) is 17.6. The van der Waals surface area contributed by atoms with Crippen LogP contribution in [0.5, 0.6) is 0 Å². The smallest absolute Gasteiger partial charge is 0.0470 e. The molecule has 0 saturated carbocycles. The maximum atomic E-state index is 4.95. The molecule has 0 heterocycles. The van der Waals surface area contributed by atoms with Crippen molar-refractivity contribution in [3.8, 4) is 22.3 Å². The van der Waals surface area contributed by atoms with E-state index in [0.717, 1.165) is 34.0 Å². The molecule has 0 fully saturated rings. The van der Waals surface area contributed by atoms with Gasteiger partial charge in [0.05, 0.1) is 0 Å². The number of rotatable bonds is 6. The largest absolute Gasteiger partial charge is 0.310 e. The number of fused-ring (bicyclic) bond motifs is 7. The summed E-state index contributed by atoms with van der Waals surface area (Å²) in [6.45, 7) is 24.2. The van der Waals surface area contributed by atoms with Crippen LogP contribution in [-0.2, 0) is 16.2 Å². The Balaban J connectivity index is 1.26. The summed E-state index contributed by atoms with van der Waals surface area (Å²) in [5.74, 6) is 0. The summed E-state index contributed by atoms with van der Waals surface area (Å²) in [6.07, 6.45) is 0. The predicted molar refractivity (Wildman–Crippen MR) is 244 cm³/mol. The van der Waals surface area contributed by atoms with Gasteiger partial charge in [0, 0.05) is 39.5 Å². The van der Waals surface area contributed by atoms with E-state index in [-0.39, 0.29) is 16.2 Å². The van der Waals surface area contributed by atoms with Crippen LogP contribution in [0, 0.1) is 13.8 Å². The van der Waals surface area contributed by atoms with Crippen LogP contribution >= 0.6 is 0 Å². The molecule has 0 radical (unpaired) electrons. The highest BCUT2D eigenvalue weighted by Gasteiger charge is 2.51. The third-order valence-corrected chi connectivity index (χ3v) is 13.5. The summed E-state index contributed by atoms with van der Waals surface area (Å²) in [4.78, 5) is 4.77. The van der Waals surface area contributed by atoms with Gasteiger partial charge in [-0.25, -0.2) is 0 Å². The SMILES string of the molecule is C=C1c2cc(N(c3ccccc3)c3ccccc3)cc(C)c2-c2ccc3c(c2C1(C)C)C(C)(C)C(C)(C)c1cc(N(c2ccccc2)c2ccccc2)cc(C)c1-3. The van der Waals surface area contributed by atoms with Gasteiger partial charge in [0.1, 0.15) is 0 Å². The fraction of sp³-hybridized carbons (Fsp3) is 0.200. The van der Waals surface area contributed by atoms with E-state index in [4.69, 9.17) is 6.58 Å². The molecule has 282 valence electrons. The molecule has 7 aromatic rings. The Bertz CT molecular complexity index is 2590. The summed E-state index contributed by atoms with van der Waals surface area (Å²) in [6, 6.07) is 57.4. The monoisotopic (exact) mass is 740 g/mol. The molecule has 9 rings (SSSR count). The lowest BCUT2D eigenvalue weighted by molar-refractivity contribution is 0.295. The van der Waals surface area contributed by atoms with Crippen LogP contribution in [-0.4, -0.2) is 0 Å². The topological polar surface area (TPSA) is 6.48 Å². The van der Waals surface area contributed by atoms with Crippen molar-refractivity contribution in [3.05, 3.63) is 198 Å². The molecule has 2 aliphatic carbocycles. The van der Waals surface area contributed by atoms with Gasteiger partial charge in [0.2, 0.25) is 0 Å². The second-order valence-corrected chi connectivity index (χ2v) is 17.6. The summed E-state index contributed by atoms with van der Waals surface area (Å²) < 4.78 is 0. The van der Waals surface area contributed by atoms with Gasteiger partial charge in [0.15, 0.2) is 0 Å². The number of anilines is 6. The quantitative estimate of drug-likeness (QED) is 0.167. The van der Waals surface area contributed by atoms with E-state index >= 15 is 0 Å². The molecule has 0 aliphatic heterocycles. The van der Waals surface area contributed by atoms with Crippen LogP contribution in [0.4, 0.5) is 34.1 Å². The number of benzene rings is 7. The molecule has 0 amide bonds. The van der Waals surface area contributed by atoms with Crippen molar-refractivity contribution < 1.29 is 0 Å². The highest BCUT2D eigenvalue weighted by atomic mass is 15.1. The Hall–Kier alpha value is -6.12. The second kappa shape index (κ2) is 13.2. The summed E-state index contributed by atoms with van der Waals surface area (Å²) in [5.41, 5.74) is 20.7. The Labute approximate surface area is 339 Å². The van der Waals surface area contributed by atoms with E-state index in [0.29, 0.717) is 0 Å². The standard InChI is InChI=1S/C55H52N2/c1-36-32-43(56(39-22-14-10-15-23-39)40-24-16-11-17-25-40)34-47-38(3)53(4,5)51-45(49(36)47)30-31-46-50-37(2)33-44(35-48(50)54(6,7)55(8,9)52(46)51)57(41-26-18-12-19-27-41)42-28-20-13-21-29-42/h10-35H,3H2,1-2,4-9H3. The number of hydrogen-bond donors (Lipinski definition) is 0. The maximum Gasteiger partial charge on any atom is 0.0470 e. The van der Waals surface area contributed by atoms with Crippen molar-refractivity contribution in [1.29, 1.82) is 0 Å². The average molecular weight is 741 g/mol. The van der Waals surface area contributed by atoms with Crippen molar-refractivity contribution in [3.63, 3.8) is 0 Å². The normalized spacial score (nSPS) is 15.5. The first-order chi connectivity index (χ1) is 27.3. The zero-order valence-corrected chi connectivity index (χ0v) is 34.6. The van der Waals surface area contributed by atoms with E-state index in [2.05, 4.69) is 223 Å². The molecule has 0 bridgehead atoms. The highest BCUT2D eigenvalue weighted by molar-refractivity contribution is 5.99. The van der Waals surface area contributed by atoms with Crippen molar-refractivity contribution in [2.45, 2.75) is 71.6 Å². The Kier molecular flexibility index (Phi) is 8.48. The molecular formula is C55H52N2. The molecule has 2 aliphatic rings. The van der Waals surface area contributed by atoms with Crippen LogP contribution in [0.2, 0.25) is 0 Å². The van der Waals surface area contributed by atoms with Crippen LogP contribution < -0.4 is 9.80 Å². The molecule has 0 spiro atoms. The summed E-state index contributed by atoms with van der Waals surface area (Å²) in [7, 11) is 0. The first-order valence-electron chi connectivity index (χ1n) is 20.3. The van der Waals surface area contributed by atoms with Crippen LogP contribution in [0.1, 0.15) is 74.9 Å². The van der Waals surface area contributed by atoms with Crippen LogP contribution in [0.3, 0.4) is 0 Å². The summed E-state index contributed by atoms with van der Waals surface area (Å²) >= 11 is 0. The van der Waals surface area contributed by atoms with Crippen molar-refractivity contribution in [2.24, 2.45) is 0 Å². The number of nitrogens with zero attached hydrogens (tertiary/aromatic N) is 2. The predicted octanol–water partition coefficient (Wildman–Crippen LogP) is 15.5. The molecule has 2 nitrogen and oxygen atoms in total. The van der Waals surface area contributed by atoms with Crippen LogP contribution in [0.25, 0.3) is 27.8 Å². The minimum absolute atomic E-state index is 0.202. The Morgan fingerprint density at radius 2 is 0.772 bits per heavy atom. The van der Waals surface area contributed by atoms with Gasteiger partial charge < -0.3 is 9.80 Å². The van der Waals surface area contributed by atoms with Gasteiger partial charge in [-0.15, -0.1) is 0 Å². The minimum atomic E-state index is -0.320. The van der Waals surface area contributed by atoms with Gasteiger partial charge in [0.25, 0.3) is 0 Å². The molecule has 0 saturated heterocycles. The maximum absolute atomic E-state index is 4.95. The molecule has 2 heteroatoms. The molecule has 0 atom stereocenters. The third kappa shape index (κ3) is 5.52. The lowest BCUT2D eigenvalue weighted by atomic mass is 9.51. The number of para-hydroxylation sites is 4. The average Bonchev–Trinajstić information content (AvgIpc) is 3.21. The molecule has 0 aromatic heterocycles. The Morgan fingerprint density at radius 3 is 1.21 bits per heavy atom. The number of aryl methyl sites for hydroxylation is 2. The molecule has 0 unspecified atom stereocenters. The van der Waals surface area contributed by atoms with E-state index in [1.807, 2.05) is 0 Å². The van der Waals surface area contributed by atoms with Gasteiger partial charge in [-0.3, -0.25) is 0 Å². The lowest BCUT2D eigenvalue weighted by Crippen LogP contribution is -2.46. The van der Waals surface area contributed by atoms with Crippen molar-refractivity contribution in [1.82, 2.24) is 0 Å². The molecular weight excluding hydrogens is 689 g/mol. The van der Waals surface area contributed by atoms with Gasteiger partial charge in [-0.05, 0) is 159 Å². The molecule has 7 aromatic carbocycles. The van der Waals surface area contributed by atoms with E-state index in [1.165, 1.54) is 61.3 Å². The first kappa shape index (κ1) is 36.5. The number of hydrogen-bond acceptors (Lipinski definition) is 2. The summed E-state index contributed by atoms with van der Waals surface area (Å²) in [5, 5.41) is 0. The lowest BCUT2D eigenvalue weighted by Gasteiger charge is -2.52. The van der Waals surface area contributed by atoms with Crippen molar-refractivity contribution >= 4 is 39.7 Å². The van der Waals surface area contributed by atoms with Gasteiger partial charge in [-0.1, -0.05) is 133 Å². The van der Waals surface area contributed by atoms with Gasteiger partial charge >= 0.3 is 0 Å². The highest BCUT2D eigenvalue weighted by Crippen LogP contribution is 2.62. The number of allylic oxidation sites excluding steroid dienone is 1. The fourth-order valence-corrected chi connectivity index (χ4v) is 9.90. The fourth-order valence-electron chi connectivity index (χ4n) is 9.90. The van der Waals surface area contributed by atoms with E-state index in [9.17, 15) is 0 Å². The zero-order chi connectivity index (χ0) is 39.9. The van der Waals surface area contributed by atoms with Crippen molar-refractivity contribution in [2.75, 3.05) is 9.80 Å². The third-order valence-electron chi connectivity index (χ3n) is 13.5. The molecule has 57 heavy (non-hydrogen) atoms. The van der Waals surface area contributed by atoms with E-state index < -0.39 is 0 Å². The minimum Gasteiger partial charge on any atom is -0.310 e. The Morgan fingerprint density at radius 1 is 0.386 bits per heavy atom. The first-order valence-corrected chi connectivity index (χ1v) is 20.3. The zero-order valence-electron chi connectivity index (χ0n) is 34.6.